The molecule has 0 aliphatic rings. The number of aryl methyl sites for hydroxylation is 1. The SMILES string of the molecule is CC[C@@H](C)NC(=O)[C@H](Cc1ccccc1)N(Cc1ccccc1Cl)C(=O)CN(c1cccc(Cl)c1)S(=O)(=O)c1ccc(C)cc1. The molecule has 45 heavy (non-hydrogen) atoms. The van der Waals surface area contributed by atoms with Gasteiger partial charge in [-0.1, -0.05) is 102 Å². The van der Waals surface area contributed by atoms with Gasteiger partial charge >= 0.3 is 0 Å². The summed E-state index contributed by atoms with van der Waals surface area (Å²) in [5.41, 5.74) is 2.58. The van der Waals surface area contributed by atoms with E-state index in [1.54, 1.807) is 54.6 Å². The van der Waals surface area contributed by atoms with Crippen molar-refractivity contribution in [2.45, 2.75) is 57.1 Å². The van der Waals surface area contributed by atoms with Crippen molar-refractivity contribution in [2.75, 3.05) is 10.8 Å². The maximum atomic E-state index is 14.5. The lowest BCUT2D eigenvalue weighted by Crippen LogP contribution is -2.54. The molecule has 0 aliphatic heterocycles. The quantitative estimate of drug-likeness (QED) is 0.166. The fraction of sp³-hybridized carbons (Fsp3) is 0.257. The summed E-state index contributed by atoms with van der Waals surface area (Å²) < 4.78 is 29.3. The van der Waals surface area contributed by atoms with Crippen LogP contribution < -0.4 is 9.62 Å². The molecule has 0 aromatic heterocycles. The third-order valence-corrected chi connectivity index (χ3v) is 9.95. The Bertz CT molecular complexity index is 1720. The van der Waals surface area contributed by atoms with Gasteiger partial charge in [0.25, 0.3) is 10.0 Å². The number of hydrogen-bond acceptors (Lipinski definition) is 4. The molecule has 0 aliphatic carbocycles. The second kappa shape index (κ2) is 15.4. The van der Waals surface area contributed by atoms with Crippen LogP contribution in [-0.4, -0.2) is 43.8 Å². The Labute approximate surface area is 275 Å². The van der Waals surface area contributed by atoms with Gasteiger partial charge in [-0.2, -0.15) is 0 Å². The lowest BCUT2D eigenvalue weighted by Gasteiger charge is -2.34. The maximum Gasteiger partial charge on any atom is 0.264 e. The number of sulfonamides is 1. The van der Waals surface area contributed by atoms with E-state index in [-0.39, 0.29) is 35.5 Å². The summed E-state index contributed by atoms with van der Waals surface area (Å²) in [6.07, 6.45) is 0.904. The normalized spacial score (nSPS) is 12.6. The van der Waals surface area contributed by atoms with Crippen LogP contribution in [0.2, 0.25) is 10.0 Å². The molecule has 4 aromatic carbocycles. The van der Waals surface area contributed by atoms with Gasteiger partial charge in [-0.05, 0) is 67.8 Å². The molecule has 0 unspecified atom stereocenters. The van der Waals surface area contributed by atoms with Crippen molar-refractivity contribution in [1.29, 1.82) is 0 Å². The third-order valence-electron chi connectivity index (χ3n) is 7.55. The summed E-state index contributed by atoms with van der Waals surface area (Å²) in [6.45, 7) is 5.12. The standard InChI is InChI=1S/C35H37Cl2N3O4S/c1-4-26(3)38-35(42)33(21-27-11-6-5-7-12-27)39(23-28-13-8-9-16-32(28)37)34(41)24-40(30-15-10-14-29(36)22-30)45(43,44)31-19-17-25(2)18-20-31/h5-20,22,26,33H,4,21,23-24H2,1-3H3,(H,38,42)/t26-,33+/m1/s1. The first-order chi connectivity index (χ1) is 21.5. The molecule has 0 radical (unpaired) electrons. The first kappa shape index (κ1) is 34.0. The first-order valence-electron chi connectivity index (χ1n) is 14.7. The van der Waals surface area contributed by atoms with Gasteiger partial charge in [-0.25, -0.2) is 8.42 Å². The van der Waals surface area contributed by atoms with Crippen molar-refractivity contribution in [2.24, 2.45) is 0 Å². The molecule has 2 atom stereocenters. The number of nitrogens with zero attached hydrogens (tertiary/aromatic N) is 2. The van der Waals surface area contributed by atoms with Crippen molar-refractivity contribution >= 4 is 50.7 Å². The molecule has 0 bridgehead atoms. The zero-order chi connectivity index (χ0) is 32.6. The Morgan fingerprint density at radius 3 is 2.18 bits per heavy atom. The zero-order valence-corrected chi connectivity index (χ0v) is 27.8. The number of benzene rings is 4. The van der Waals surface area contributed by atoms with Gasteiger partial charge in [0, 0.05) is 29.1 Å². The Balaban J connectivity index is 1.82. The van der Waals surface area contributed by atoms with E-state index in [0.29, 0.717) is 22.0 Å². The van der Waals surface area contributed by atoms with E-state index >= 15 is 0 Å². The molecular weight excluding hydrogens is 629 g/mol. The second-order valence-corrected chi connectivity index (χ2v) is 13.6. The van der Waals surface area contributed by atoms with Crippen LogP contribution in [0.5, 0.6) is 0 Å². The number of carbonyl (C=O) groups is 2. The van der Waals surface area contributed by atoms with Gasteiger partial charge in [0.2, 0.25) is 11.8 Å². The molecule has 0 saturated heterocycles. The number of rotatable bonds is 13. The van der Waals surface area contributed by atoms with Crippen LogP contribution in [0.3, 0.4) is 0 Å². The summed E-state index contributed by atoms with van der Waals surface area (Å²) in [4.78, 5) is 29.9. The van der Waals surface area contributed by atoms with Crippen LogP contribution >= 0.6 is 23.2 Å². The predicted octanol–water partition coefficient (Wildman–Crippen LogP) is 7.05. The molecule has 0 heterocycles. The highest BCUT2D eigenvalue weighted by Crippen LogP contribution is 2.28. The molecule has 4 aromatic rings. The summed E-state index contributed by atoms with van der Waals surface area (Å²) in [6, 6.07) is 28.1. The van der Waals surface area contributed by atoms with Crippen LogP contribution in [0.4, 0.5) is 5.69 Å². The highest BCUT2D eigenvalue weighted by atomic mass is 35.5. The van der Waals surface area contributed by atoms with E-state index in [0.717, 1.165) is 15.4 Å². The molecule has 4 rings (SSSR count). The van der Waals surface area contributed by atoms with Gasteiger partial charge in [-0.3, -0.25) is 13.9 Å². The molecule has 2 amide bonds. The summed E-state index contributed by atoms with van der Waals surface area (Å²) in [5.74, 6) is -0.921. The monoisotopic (exact) mass is 665 g/mol. The van der Waals surface area contributed by atoms with E-state index in [1.807, 2.05) is 51.1 Å². The molecule has 236 valence electrons. The van der Waals surface area contributed by atoms with Gasteiger partial charge in [0.15, 0.2) is 0 Å². The highest BCUT2D eigenvalue weighted by molar-refractivity contribution is 7.92. The Morgan fingerprint density at radius 1 is 0.867 bits per heavy atom. The minimum atomic E-state index is -4.22. The Morgan fingerprint density at radius 2 is 1.53 bits per heavy atom. The Hall–Kier alpha value is -3.85. The lowest BCUT2D eigenvalue weighted by molar-refractivity contribution is -0.140. The van der Waals surface area contributed by atoms with E-state index in [4.69, 9.17) is 23.2 Å². The van der Waals surface area contributed by atoms with Gasteiger partial charge in [0.05, 0.1) is 10.6 Å². The zero-order valence-electron chi connectivity index (χ0n) is 25.5. The van der Waals surface area contributed by atoms with Gasteiger partial charge in [-0.15, -0.1) is 0 Å². The topological polar surface area (TPSA) is 86.8 Å². The number of hydrogen-bond donors (Lipinski definition) is 1. The average Bonchev–Trinajstić information content (AvgIpc) is 3.02. The molecule has 10 heteroatoms. The van der Waals surface area contributed by atoms with Crippen LogP contribution in [0, 0.1) is 6.92 Å². The largest absolute Gasteiger partial charge is 0.352 e. The van der Waals surface area contributed by atoms with Crippen molar-refractivity contribution in [3.05, 3.63) is 130 Å². The van der Waals surface area contributed by atoms with Crippen molar-refractivity contribution in [1.82, 2.24) is 10.2 Å². The van der Waals surface area contributed by atoms with Crippen LogP contribution in [0.15, 0.2) is 108 Å². The van der Waals surface area contributed by atoms with Crippen molar-refractivity contribution < 1.29 is 18.0 Å². The number of nitrogens with one attached hydrogen (secondary N) is 1. The first-order valence-corrected chi connectivity index (χ1v) is 16.9. The summed E-state index contributed by atoms with van der Waals surface area (Å²) >= 11 is 12.8. The summed E-state index contributed by atoms with van der Waals surface area (Å²) in [5, 5.41) is 3.76. The lowest BCUT2D eigenvalue weighted by atomic mass is 10.0. The van der Waals surface area contributed by atoms with Crippen molar-refractivity contribution in [3.8, 4) is 0 Å². The van der Waals surface area contributed by atoms with Crippen molar-refractivity contribution in [3.63, 3.8) is 0 Å². The minimum absolute atomic E-state index is 0.0160. The number of anilines is 1. The fourth-order valence-electron chi connectivity index (χ4n) is 4.80. The van der Waals surface area contributed by atoms with E-state index in [1.165, 1.54) is 23.1 Å². The van der Waals surface area contributed by atoms with E-state index in [2.05, 4.69) is 5.32 Å². The van der Waals surface area contributed by atoms with E-state index in [9.17, 15) is 18.0 Å². The van der Waals surface area contributed by atoms with Crippen LogP contribution in [0.1, 0.15) is 37.0 Å². The molecule has 7 nitrogen and oxygen atoms in total. The fourth-order valence-corrected chi connectivity index (χ4v) is 6.59. The Kier molecular flexibility index (Phi) is 11.7. The smallest absolute Gasteiger partial charge is 0.264 e. The predicted molar refractivity (Wildman–Crippen MR) is 181 cm³/mol. The number of carbonyl (C=O) groups excluding carboxylic acids is 2. The van der Waals surface area contributed by atoms with Gasteiger partial charge < -0.3 is 10.2 Å². The molecule has 0 saturated carbocycles. The van der Waals surface area contributed by atoms with Gasteiger partial charge in [0.1, 0.15) is 12.6 Å². The number of amides is 2. The summed E-state index contributed by atoms with van der Waals surface area (Å²) in [7, 11) is -4.22. The molecule has 0 fully saturated rings. The minimum Gasteiger partial charge on any atom is -0.352 e. The molecule has 0 spiro atoms. The van der Waals surface area contributed by atoms with E-state index < -0.39 is 28.5 Å². The third kappa shape index (κ3) is 8.87. The molecular formula is C35H37Cl2N3O4S. The molecule has 1 N–H and O–H groups in total. The van der Waals surface area contributed by atoms with Crippen LogP contribution in [0.25, 0.3) is 0 Å². The average molecular weight is 667 g/mol. The number of halogens is 2. The maximum absolute atomic E-state index is 14.5. The van der Waals surface area contributed by atoms with Crippen LogP contribution in [-0.2, 0) is 32.6 Å². The second-order valence-electron chi connectivity index (χ2n) is 10.9. The highest BCUT2D eigenvalue weighted by Gasteiger charge is 2.35.